The van der Waals surface area contributed by atoms with Gasteiger partial charge >= 0.3 is 0 Å². The average molecular weight is 306 g/mol. The molecule has 0 atom stereocenters. The second-order valence-electron chi connectivity index (χ2n) is 3.38. The highest BCUT2D eigenvalue weighted by molar-refractivity contribution is 9.10. The third-order valence-electron chi connectivity index (χ3n) is 2.09. The molecule has 3 N–H and O–H groups in total. The van der Waals surface area contributed by atoms with Crippen LogP contribution >= 0.6 is 27.5 Å². The topological polar surface area (TPSA) is 55.1 Å². The SMILES string of the molecule is NCCCCNC(=O)c1cc(Br)ccc1Cl. The molecule has 0 aliphatic carbocycles. The van der Waals surface area contributed by atoms with E-state index in [9.17, 15) is 4.79 Å². The predicted molar refractivity (Wildman–Crippen MR) is 69.8 cm³/mol. The fourth-order valence-electron chi connectivity index (χ4n) is 1.24. The number of hydrogen-bond acceptors (Lipinski definition) is 2. The van der Waals surface area contributed by atoms with Crippen molar-refractivity contribution < 1.29 is 4.79 Å². The van der Waals surface area contributed by atoms with Gasteiger partial charge < -0.3 is 11.1 Å². The zero-order valence-corrected chi connectivity index (χ0v) is 11.1. The Kier molecular flexibility index (Phi) is 5.80. The highest BCUT2D eigenvalue weighted by Crippen LogP contribution is 2.20. The third kappa shape index (κ3) is 4.12. The smallest absolute Gasteiger partial charge is 0.252 e. The van der Waals surface area contributed by atoms with Gasteiger partial charge in [0.25, 0.3) is 5.91 Å². The van der Waals surface area contributed by atoms with Crippen LogP contribution in [0, 0.1) is 0 Å². The number of nitrogens with two attached hydrogens (primary N) is 1. The third-order valence-corrected chi connectivity index (χ3v) is 2.91. The van der Waals surface area contributed by atoms with Crippen LogP contribution in [0.1, 0.15) is 23.2 Å². The van der Waals surface area contributed by atoms with Crippen molar-refractivity contribution >= 4 is 33.4 Å². The van der Waals surface area contributed by atoms with Gasteiger partial charge in [-0.15, -0.1) is 0 Å². The van der Waals surface area contributed by atoms with Crippen molar-refractivity contribution in [3.8, 4) is 0 Å². The Morgan fingerprint density at radius 1 is 1.44 bits per heavy atom. The molecule has 1 amide bonds. The Hall–Kier alpha value is -0.580. The molecule has 0 saturated carbocycles. The van der Waals surface area contributed by atoms with Crippen LogP contribution in [0.3, 0.4) is 0 Å². The van der Waals surface area contributed by atoms with Crippen molar-refractivity contribution in [1.82, 2.24) is 5.32 Å². The van der Waals surface area contributed by atoms with Gasteiger partial charge in [-0.25, -0.2) is 0 Å². The molecule has 0 bridgehead atoms. The Bertz CT molecular complexity index is 371. The molecule has 0 radical (unpaired) electrons. The normalized spacial score (nSPS) is 10.2. The van der Waals surface area contributed by atoms with Gasteiger partial charge in [0, 0.05) is 11.0 Å². The van der Waals surface area contributed by atoms with Crippen LogP contribution in [0.4, 0.5) is 0 Å². The lowest BCUT2D eigenvalue weighted by molar-refractivity contribution is 0.0953. The maximum absolute atomic E-state index is 11.7. The van der Waals surface area contributed by atoms with Crippen LogP contribution in [-0.4, -0.2) is 19.0 Å². The standard InChI is InChI=1S/C11H14BrClN2O/c12-8-3-4-10(13)9(7-8)11(16)15-6-2-1-5-14/h3-4,7H,1-2,5-6,14H2,(H,15,16). The molecular formula is C11H14BrClN2O. The van der Waals surface area contributed by atoms with E-state index in [0.29, 0.717) is 23.7 Å². The molecule has 0 heterocycles. The van der Waals surface area contributed by atoms with Crippen LogP contribution in [0.25, 0.3) is 0 Å². The van der Waals surface area contributed by atoms with E-state index in [-0.39, 0.29) is 5.91 Å². The summed E-state index contributed by atoms with van der Waals surface area (Å²) in [5, 5.41) is 3.26. The summed E-state index contributed by atoms with van der Waals surface area (Å²) in [6, 6.07) is 5.20. The lowest BCUT2D eigenvalue weighted by atomic mass is 10.2. The van der Waals surface area contributed by atoms with Crippen molar-refractivity contribution in [2.45, 2.75) is 12.8 Å². The Labute approximate surface area is 108 Å². The van der Waals surface area contributed by atoms with Crippen LogP contribution in [0.15, 0.2) is 22.7 Å². The van der Waals surface area contributed by atoms with E-state index < -0.39 is 0 Å². The number of amides is 1. The quantitative estimate of drug-likeness (QED) is 0.822. The summed E-state index contributed by atoms with van der Waals surface area (Å²) in [4.78, 5) is 11.7. The second kappa shape index (κ2) is 6.89. The van der Waals surface area contributed by atoms with Gasteiger partial charge in [-0.2, -0.15) is 0 Å². The zero-order chi connectivity index (χ0) is 12.0. The number of halogens is 2. The van der Waals surface area contributed by atoms with Gasteiger partial charge in [-0.3, -0.25) is 4.79 Å². The van der Waals surface area contributed by atoms with E-state index in [1.54, 1.807) is 18.2 Å². The lowest BCUT2D eigenvalue weighted by Gasteiger charge is -2.06. The van der Waals surface area contributed by atoms with E-state index in [4.69, 9.17) is 17.3 Å². The van der Waals surface area contributed by atoms with Crippen LogP contribution in [-0.2, 0) is 0 Å². The molecule has 0 unspecified atom stereocenters. The molecule has 0 aliphatic heterocycles. The summed E-state index contributed by atoms with van der Waals surface area (Å²) in [7, 11) is 0. The van der Waals surface area contributed by atoms with E-state index in [1.807, 2.05) is 0 Å². The summed E-state index contributed by atoms with van der Waals surface area (Å²) in [5.41, 5.74) is 5.85. The Balaban J connectivity index is 2.55. The summed E-state index contributed by atoms with van der Waals surface area (Å²) in [5.74, 6) is -0.150. The maximum atomic E-state index is 11.7. The van der Waals surface area contributed by atoms with E-state index in [0.717, 1.165) is 17.3 Å². The predicted octanol–water partition coefficient (Wildman–Crippen LogP) is 2.57. The zero-order valence-electron chi connectivity index (χ0n) is 8.80. The summed E-state index contributed by atoms with van der Waals surface area (Å²) >= 11 is 9.23. The highest BCUT2D eigenvalue weighted by Gasteiger charge is 2.09. The van der Waals surface area contributed by atoms with Gasteiger partial charge in [-0.05, 0) is 37.6 Å². The number of rotatable bonds is 5. The second-order valence-corrected chi connectivity index (χ2v) is 4.70. The first-order valence-electron chi connectivity index (χ1n) is 5.08. The number of benzene rings is 1. The number of carbonyl (C=O) groups excluding carboxylic acids is 1. The number of hydrogen-bond donors (Lipinski definition) is 2. The molecule has 0 aliphatic rings. The minimum atomic E-state index is -0.150. The van der Waals surface area contributed by atoms with Gasteiger partial charge in [0.1, 0.15) is 0 Å². The first-order valence-corrected chi connectivity index (χ1v) is 6.25. The lowest BCUT2D eigenvalue weighted by Crippen LogP contribution is -2.25. The fourth-order valence-corrected chi connectivity index (χ4v) is 1.80. The highest BCUT2D eigenvalue weighted by atomic mass is 79.9. The van der Waals surface area contributed by atoms with Gasteiger partial charge in [0.05, 0.1) is 10.6 Å². The molecule has 0 spiro atoms. The van der Waals surface area contributed by atoms with Crippen molar-refractivity contribution in [2.24, 2.45) is 5.73 Å². The molecule has 16 heavy (non-hydrogen) atoms. The number of unbranched alkanes of at least 4 members (excludes halogenated alkanes) is 1. The molecule has 1 rings (SSSR count). The molecular weight excluding hydrogens is 291 g/mol. The first-order chi connectivity index (χ1) is 7.65. The summed E-state index contributed by atoms with van der Waals surface area (Å²) < 4.78 is 0.837. The monoisotopic (exact) mass is 304 g/mol. The average Bonchev–Trinajstić information content (AvgIpc) is 2.27. The van der Waals surface area contributed by atoms with Gasteiger partial charge in [0.15, 0.2) is 0 Å². The summed E-state index contributed by atoms with van der Waals surface area (Å²) in [6.45, 7) is 1.27. The molecule has 5 heteroatoms. The first kappa shape index (κ1) is 13.5. The Morgan fingerprint density at radius 3 is 2.88 bits per heavy atom. The molecule has 3 nitrogen and oxygen atoms in total. The minimum Gasteiger partial charge on any atom is -0.352 e. The van der Waals surface area contributed by atoms with Crippen LogP contribution in [0.5, 0.6) is 0 Å². The van der Waals surface area contributed by atoms with Crippen molar-refractivity contribution in [1.29, 1.82) is 0 Å². The number of nitrogens with one attached hydrogen (secondary N) is 1. The maximum Gasteiger partial charge on any atom is 0.252 e. The fraction of sp³-hybridized carbons (Fsp3) is 0.364. The van der Waals surface area contributed by atoms with E-state index in [2.05, 4.69) is 21.2 Å². The van der Waals surface area contributed by atoms with Crippen molar-refractivity contribution in [3.05, 3.63) is 33.3 Å². The molecule has 0 aromatic heterocycles. The Morgan fingerprint density at radius 2 is 2.19 bits per heavy atom. The van der Waals surface area contributed by atoms with Crippen molar-refractivity contribution in [3.63, 3.8) is 0 Å². The van der Waals surface area contributed by atoms with Crippen molar-refractivity contribution in [2.75, 3.05) is 13.1 Å². The molecule has 1 aromatic carbocycles. The minimum absolute atomic E-state index is 0.150. The van der Waals surface area contributed by atoms with Crippen LogP contribution < -0.4 is 11.1 Å². The molecule has 88 valence electrons. The largest absolute Gasteiger partial charge is 0.352 e. The van der Waals surface area contributed by atoms with Gasteiger partial charge in [-0.1, -0.05) is 27.5 Å². The van der Waals surface area contributed by atoms with Gasteiger partial charge in [0.2, 0.25) is 0 Å². The molecule has 0 saturated heterocycles. The van der Waals surface area contributed by atoms with Crippen LogP contribution in [0.2, 0.25) is 5.02 Å². The summed E-state index contributed by atoms with van der Waals surface area (Å²) in [6.07, 6.45) is 1.79. The molecule has 1 aromatic rings. The van der Waals surface area contributed by atoms with E-state index in [1.165, 1.54) is 0 Å². The molecule has 0 fully saturated rings. The van der Waals surface area contributed by atoms with E-state index >= 15 is 0 Å². The number of carbonyl (C=O) groups is 1.